The Hall–Kier alpha value is -1.18. The number of fused-ring (bicyclic) bond motifs is 1. The highest BCUT2D eigenvalue weighted by molar-refractivity contribution is 7.17. The van der Waals surface area contributed by atoms with Crippen molar-refractivity contribution in [3.8, 4) is 11.1 Å². The second-order valence-corrected chi connectivity index (χ2v) is 7.31. The van der Waals surface area contributed by atoms with E-state index in [1.54, 1.807) is 24.5 Å². The number of hydrogen-bond donors (Lipinski definition) is 0. The van der Waals surface area contributed by atoms with E-state index in [1.807, 2.05) is 5.38 Å². The van der Waals surface area contributed by atoms with Gasteiger partial charge in [-0.1, -0.05) is 30.7 Å². The number of benzene rings is 1. The summed E-state index contributed by atoms with van der Waals surface area (Å²) in [4.78, 5) is 14.5. The van der Waals surface area contributed by atoms with E-state index in [-0.39, 0.29) is 29.8 Å². The number of aromatic nitrogens is 2. The SMILES string of the molecule is CCN1CCN(c2ncnc3scc(-c4cccc(Cl)c4F)c23)CC1.Cl.Cl. The van der Waals surface area contributed by atoms with Crippen LogP contribution in [0.15, 0.2) is 29.9 Å². The van der Waals surface area contributed by atoms with Gasteiger partial charge in [0.2, 0.25) is 0 Å². The maximum atomic E-state index is 14.6. The Balaban J connectivity index is 0.00000131. The van der Waals surface area contributed by atoms with Gasteiger partial charge in [-0.3, -0.25) is 0 Å². The maximum absolute atomic E-state index is 14.6. The molecule has 1 aromatic carbocycles. The van der Waals surface area contributed by atoms with Gasteiger partial charge < -0.3 is 9.80 Å². The average Bonchev–Trinajstić information content (AvgIpc) is 3.08. The fraction of sp³-hybridized carbons (Fsp3) is 0.333. The zero-order valence-corrected chi connectivity index (χ0v) is 17.9. The summed E-state index contributed by atoms with van der Waals surface area (Å²) >= 11 is 7.49. The first-order chi connectivity index (χ1) is 12.2. The Kier molecular flexibility index (Phi) is 7.65. The molecule has 0 saturated carbocycles. The van der Waals surface area contributed by atoms with E-state index in [2.05, 4.69) is 26.7 Å². The lowest BCUT2D eigenvalue weighted by atomic mass is 10.0. The fourth-order valence-electron chi connectivity index (χ4n) is 3.29. The van der Waals surface area contributed by atoms with Crippen molar-refractivity contribution < 1.29 is 4.39 Å². The largest absolute Gasteiger partial charge is 0.353 e. The molecule has 0 radical (unpaired) electrons. The van der Waals surface area contributed by atoms with Crippen LogP contribution in [0.4, 0.5) is 10.2 Å². The molecule has 0 N–H and O–H groups in total. The van der Waals surface area contributed by atoms with Crippen LogP contribution in [0, 0.1) is 5.82 Å². The van der Waals surface area contributed by atoms with Crippen LogP contribution in [0.5, 0.6) is 0 Å². The van der Waals surface area contributed by atoms with Crippen LogP contribution >= 0.6 is 47.8 Å². The number of halogens is 4. The Morgan fingerprint density at radius 1 is 1.11 bits per heavy atom. The highest BCUT2D eigenvalue weighted by atomic mass is 35.5. The summed E-state index contributed by atoms with van der Waals surface area (Å²) in [5.74, 6) is 0.492. The zero-order chi connectivity index (χ0) is 17.4. The van der Waals surface area contributed by atoms with Gasteiger partial charge in [-0.25, -0.2) is 14.4 Å². The predicted molar refractivity (Wildman–Crippen MR) is 117 cm³/mol. The standard InChI is InChI=1S/C18H18ClFN4S.2ClH/c1-2-23-6-8-24(9-7-23)17-15-13(10-25-18(15)22-11-21-17)12-4-3-5-14(19)16(12)20;;/h3-5,10-11H,2,6-9H2,1H3;2*1H. The molecule has 4 rings (SSSR count). The lowest BCUT2D eigenvalue weighted by Gasteiger charge is -2.35. The summed E-state index contributed by atoms with van der Waals surface area (Å²) in [6.07, 6.45) is 1.60. The normalized spacial score (nSPS) is 14.7. The van der Waals surface area contributed by atoms with Gasteiger partial charge in [0.15, 0.2) is 0 Å². The smallest absolute Gasteiger partial charge is 0.149 e. The van der Waals surface area contributed by atoms with Gasteiger partial charge in [-0.05, 0) is 12.6 Å². The molecule has 3 aromatic rings. The van der Waals surface area contributed by atoms with Gasteiger partial charge in [0.1, 0.15) is 22.8 Å². The van der Waals surface area contributed by atoms with Crippen LogP contribution in [0.25, 0.3) is 21.3 Å². The molecule has 27 heavy (non-hydrogen) atoms. The third-order valence-electron chi connectivity index (χ3n) is 4.71. The van der Waals surface area contributed by atoms with Crippen LogP contribution in [-0.2, 0) is 0 Å². The lowest BCUT2D eigenvalue weighted by molar-refractivity contribution is 0.271. The summed E-state index contributed by atoms with van der Waals surface area (Å²) < 4.78 is 14.6. The minimum Gasteiger partial charge on any atom is -0.353 e. The Morgan fingerprint density at radius 3 is 2.56 bits per heavy atom. The van der Waals surface area contributed by atoms with E-state index in [0.29, 0.717) is 5.56 Å². The molecule has 1 aliphatic heterocycles. The van der Waals surface area contributed by atoms with E-state index in [9.17, 15) is 4.39 Å². The summed E-state index contributed by atoms with van der Waals surface area (Å²) in [6, 6.07) is 5.10. The van der Waals surface area contributed by atoms with Crippen LogP contribution in [0.3, 0.4) is 0 Å². The zero-order valence-electron chi connectivity index (χ0n) is 14.7. The molecular formula is C18H20Cl3FN4S. The molecule has 3 heterocycles. The van der Waals surface area contributed by atoms with E-state index in [1.165, 1.54) is 11.3 Å². The number of hydrogen-bond acceptors (Lipinski definition) is 5. The van der Waals surface area contributed by atoms with Crippen molar-refractivity contribution in [1.29, 1.82) is 0 Å². The van der Waals surface area contributed by atoms with Crippen LogP contribution in [0.2, 0.25) is 5.02 Å². The quantitative estimate of drug-likeness (QED) is 0.554. The molecule has 0 atom stereocenters. The Morgan fingerprint density at radius 2 is 1.85 bits per heavy atom. The maximum Gasteiger partial charge on any atom is 0.149 e. The number of likely N-dealkylation sites (N-methyl/N-ethyl adjacent to an activating group) is 1. The van der Waals surface area contributed by atoms with Gasteiger partial charge in [0, 0.05) is 42.7 Å². The average molecular weight is 450 g/mol. The summed E-state index contributed by atoms with van der Waals surface area (Å²) in [6.45, 7) is 7.07. The molecule has 4 nitrogen and oxygen atoms in total. The van der Waals surface area contributed by atoms with Crippen molar-refractivity contribution in [3.05, 3.63) is 40.7 Å². The van der Waals surface area contributed by atoms with E-state index in [4.69, 9.17) is 11.6 Å². The van der Waals surface area contributed by atoms with Crippen molar-refractivity contribution in [3.63, 3.8) is 0 Å². The number of nitrogens with zero attached hydrogens (tertiary/aromatic N) is 4. The van der Waals surface area contributed by atoms with Crippen LogP contribution in [0.1, 0.15) is 6.92 Å². The molecule has 0 bridgehead atoms. The summed E-state index contributed by atoms with van der Waals surface area (Å²) in [5, 5.41) is 2.99. The number of thiophene rings is 1. The molecule has 0 aliphatic carbocycles. The van der Waals surface area contributed by atoms with Crippen molar-refractivity contribution in [2.75, 3.05) is 37.6 Å². The minimum absolute atomic E-state index is 0. The first kappa shape index (κ1) is 22.1. The van der Waals surface area contributed by atoms with E-state index >= 15 is 0 Å². The van der Waals surface area contributed by atoms with Crippen LogP contribution < -0.4 is 4.90 Å². The Bertz CT molecular complexity index is 913. The molecule has 0 amide bonds. The Labute approximate surface area is 179 Å². The molecule has 0 unspecified atom stereocenters. The first-order valence-electron chi connectivity index (χ1n) is 8.33. The molecule has 2 aromatic heterocycles. The van der Waals surface area contributed by atoms with Gasteiger partial charge in [0.05, 0.1) is 10.4 Å². The van der Waals surface area contributed by atoms with Gasteiger partial charge in [0.25, 0.3) is 0 Å². The monoisotopic (exact) mass is 448 g/mol. The molecule has 146 valence electrons. The highest BCUT2D eigenvalue weighted by Crippen LogP contribution is 2.40. The molecule has 1 fully saturated rings. The predicted octanol–water partition coefficient (Wildman–Crippen LogP) is 5.14. The van der Waals surface area contributed by atoms with Crippen molar-refractivity contribution in [2.24, 2.45) is 0 Å². The molecule has 9 heteroatoms. The lowest BCUT2D eigenvalue weighted by Crippen LogP contribution is -2.46. The first-order valence-corrected chi connectivity index (χ1v) is 9.58. The van der Waals surface area contributed by atoms with Gasteiger partial charge >= 0.3 is 0 Å². The minimum atomic E-state index is -0.394. The summed E-state index contributed by atoms with van der Waals surface area (Å²) in [5.41, 5.74) is 1.32. The molecule has 1 saturated heterocycles. The highest BCUT2D eigenvalue weighted by Gasteiger charge is 2.23. The fourth-order valence-corrected chi connectivity index (χ4v) is 4.36. The van der Waals surface area contributed by atoms with Crippen molar-refractivity contribution in [2.45, 2.75) is 6.92 Å². The second-order valence-electron chi connectivity index (χ2n) is 6.05. The number of rotatable bonds is 3. The van der Waals surface area contributed by atoms with E-state index in [0.717, 1.165) is 54.3 Å². The van der Waals surface area contributed by atoms with Crippen molar-refractivity contribution in [1.82, 2.24) is 14.9 Å². The molecule has 0 spiro atoms. The number of piperazine rings is 1. The molecular weight excluding hydrogens is 430 g/mol. The van der Waals surface area contributed by atoms with Gasteiger partial charge in [-0.15, -0.1) is 36.2 Å². The van der Waals surface area contributed by atoms with E-state index < -0.39 is 5.82 Å². The van der Waals surface area contributed by atoms with Gasteiger partial charge in [-0.2, -0.15) is 0 Å². The molecule has 1 aliphatic rings. The van der Waals surface area contributed by atoms with Crippen LogP contribution in [-0.4, -0.2) is 47.6 Å². The second kappa shape index (κ2) is 9.34. The number of anilines is 1. The third kappa shape index (κ3) is 4.15. The van der Waals surface area contributed by atoms with Crippen molar-refractivity contribution >= 4 is 63.8 Å². The third-order valence-corrected chi connectivity index (χ3v) is 5.89. The summed E-state index contributed by atoms with van der Waals surface area (Å²) in [7, 11) is 0. The topological polar surface area (TPSA) is 32.3 Å².